The molecule has 0 amide bonds. The second-order valence-corrected chi connectivity index (χ2v) is 19.2. The van der Waals surface area contributed by atoms with Crippen molar-refractivity contribution < 1.29 is 4.58 Å². The summed E-state index contributed by atoms with van der Waals surface area (Å²) in [4.78, 5) is 5.34. The Bertz CT molecular complexity index is 1950. The van der Waals surface area contributed by atoms with E-state index < -0.39 is 0 Å². The van der Waals surface area contributed by atoms with Gasteiger partial charge >= 0.3 is 0 Å². The molecule has 3 aliphatic rings. The van der Waals surface area contributed by atoms with Crippen molar-refractivity contribution in [3.63, 3.8) is 0 Å². The van der Waals surface area contributed by atoms with E-state index in [2.05, 4.69) is 190 Å². The molecule has 6 rings (SSSR count). The molecule has 2 heterocycles. The summed E-state index contributed by atoms with van der Waals surface area (Å²) in [6.07, 6.45) is 19.3. The van der Waals surface area contributed by atoms with Crippen LogP contribution in [-0.4, -0.2) is 23.4 Å². The summed E-state index contributed by atoms with van der Waals surface area (Å²) >= 11 is 12.0. The number of hydrogen-bond donors (Lipinski definition) is 0. The molecule has 0 aromatic heterocycles. The first-order chi connectivity index (χ1) is 24.5. The fraction of sp³-hybridized carbons (Fsp3) is 0.400. The van der Waals surface area contributed by atoms with Crippen LogP contribution in [0.4, 0.5) is 11.4 Å². The molecule has 2 aliphatic heterocycles. The molecule has 0 atom stereocenters. The van der Waals surface area contributed by atoms with Crippen LogP contribution in [0.1, 0.15) is 104 Å². The largest absolute Gasteiger partial charge is 0.344 e. The van der Waals surface area contributed by atoms with E-state index >= 15 is 0 Å². The number of rotatable bonds is 13. The zero-order chi connectivity index (χ0) is 36.3. The van der Waals surface area contributed by atoms with Crippen molar-refractivity contribution >= 4 is 83.3 Å². The van der Waals surface area contributed by atoms with Gasteiger partial charge in [-0.05, 0) is 127 Å². The van der Waals surface area contributed by atoms with Gasteiger partial charge < -0.3 is 4.90 Å². The Balaban J connectivity index is 1.42. The van der Waals surface area contributed by atoms with Crippen LogP contribution in [0.15, 0.2) is 121 Å². The SMILES string of the molecule is CCCCCN1/C(=C/C=C2\CCC(/C=C/C3=[N+](CCCCC)c4ccc(Br)cc4C3(C)C)=C2Sc2ccccc2I)C(C)(C)c2cc(Br)ccc21. The number of fused-ring (bicyclic) bond motifs is 2. The van der Waals surface area contributed by atoms with Crippen LogP contribution in [0.5, 0.6) is 0 Å². The fourth-order valence-electron chi connectivity index (χ4n) is 7.97. The van der Waals surface area contributed by atoms with E-state index in [0.29, 0.717) is 0 Å². The van der Waals surface area contributed by atoms with Gasteiger partial charge in [-0.25, -0.2) is 0 Å². The zero-order valence-corrected chi connectivity index (χ0v) is 37.2. The summed E-state index contributed by atoms with van der Waals surface area (Å²) in [5.74, 6) is 0. The van der Waals surface area contributed by atoms with E-state index in [0.717, 1.165) is 34.9 Å². The summed E-state index contributed by atoms with van der Waals surface area (Å²) in [5.41, 5.74) is 11.1. The minimum Gasteiger partial charge on any atom is -0.344 e. The second-order valence-electron chi connectivity index (χ2n) is 15.1. The van der Waals surface area contributed by atoms with Crippen LogP contribution in [-0.2, 0) is 10.8 Å². The highest BCUT2D eigenvalue weighted by Gasteiger charge is 2.44. The maximum Gasteiger partial charge on any atom is 0.209 e. The molecular weight excluding hydrogens is 887 g/mol. The first-order valence-corrected chi connectivity index (χ1v) is 22.2. The predicted octanol–water partition coefficient (Wildman–Crippen LogP) is 14.6. The van der Waals surface area contributed by atoms with Crippen molar-refractivity contribution in [2.24, 2.45) is 0 Å². The van der Waals surface area contributed by atoms with E-state index in [1.54, 1.807) is 0 Å². The van der Waals surface area contributed by atoms with Crippen molar-refractivity contribution in [2.45, 2.75) is 109 Å². The van der Waals surface area contributed by atoms with Crippen LogP contribution in [0, 0.1) is 3.57 Å². The Morgan fingerprint density at radius 1 is 0.804 bits per heavy atom. The normalized spacial score (nSPS) is 19.4. The number of hydrogen-bond acceptors (Lipinski definition) is 2. The average Bonchev–Trinajstić information content (AvgIpc) is 3.64. The van der Waals surface area contributed by atoms with Crippen molar-refractivity contribution in [2.75, 3.05) is 18.0 Å². The van der Waals surface area contributed by atoms with E-state index in [-0.39, 0.29) is 10.8 Å². The van der Waals surface area contributed by atoms with Crippen LogP contribution in [0.25, 0.3) is 0 Å². The van der Waals surface area contributed by atoms with Gasteiger partial charge in [0.2, 0.25) is 5.69 Å². The topological polar surface area (TPSA) is 6.25 Å². The van der Waals surface area contributed by atoms with Gasteiger partial charge in [0.15, 0.2) is 5.71 Å². The molecule has 0 fully saturated rings. The highest BCUT2D eigenvalue weighted by atomic mass is 127. The quantitative estimate of drug-likeness (QED) is 0.0957. The lowest BCUT2D eigenvalue weighted by atomic mass is 9.81. The van der Waals surface area contributed by atoms with Gasteiger partial charge in [-0.2, -0.15) is 4.58 Å². The molecule has 3 aromatic carbocycles. The smallest absolute Gasteiger partial charge is 0.209 e. The highest BCUT2D eigenvalue weighted by Crippen LogP contribution is 2.50. The number of halogens is 3. The average molecular weight is 940 g/mol. The lowest BCUT2D eigenvalue weighted by Crippen LogP contribution is -2.28. The van der Waals surface area contributed by atoms with Crippen LogP contribution >= 0.6 is 66.2 Å². The summed E-state index contributed by atoms with van der Waals surface area (Å²) in [7, 11) is 0. The Kier molecular flexibility index (Phi) is 12.7. The molecule has 0 unspecified atom stereocenters. The first-order valence-electron chi connectivity index (χ1n) is 18.7. The number of thioether (sulfide) groups is 1. The Labute approximate surface area is 342 Å². The number of anilines is 1. The first kappa shape index (κ1) is 38.8. The van der Waals surface area contributed by atoms with Gasteiger partial charge in [-0.15, -0.1) is 0 Å². The van der Waals surface area contributed by atoms with Gasteiger partial charge in [-0.3, -0.25) is 0 Å². The third-order valence-electron chi connectivity index (χ3n) is 10.9. The molecule has 0 saturated carbocycles. The Morgan fingerprint density at radius 2 is 1.51 bits per heavy atom. The third kappa shape index (κ3) is 8.15. The van der Waals surface area contributed by atoms with Crippen LogP contribution < -0.4 is 4.90 Å². The Morgan fingerprint density at radius 3 is 2.25 bits per heavy atom. The maximum atomic E-state index is 3.77. The minimum absolute atomic E-state index is 0.0779. The van der Waals surface area contributed by atoms with E-state index in [9.17, 15) is 0 Å². The molecular formula is C45H52Br2IN2S+. The molecule has 2 nitrogen and oxygen atoms in total. The molecule has 3 aromatic rings. The monoisotopic (exact) mass is 937 g/mol. The summed E-state index contributed by atoms with van der Waals surface area (Å²) in [6.45, 7) is 16.3. The minimum atomic E-state index is -0.0779. The lowest BCUT2D eigenvalue weighted by molar-refractivity contribution is -0.438. The molecule has 6 heteroatoms. The molecule has 0 N–H and O–H groups in total. The van der Waals surface area contributed by atoms with Crippen LogP contribution in [0.3, 0.4) is 0 Å². The fourth-order valence-corrected chi connectivity index (χ4v) is 10.5. The molecule has 0 bridgehead atoms. The molecule has 0 saturated heterocycles. The third-order valence-corrected chi connectivity index (χ3v) is 14.5. The summed E-state index contributed by atoms with van der Waals surface area (Å²) in [6, 6.07) is 22.5. The van der Waals surface area contributed by atoms with Gasteiger partial charge in [0.1, 0.15) is 6.54 Å². The lowest BCUT2D eigenvalue weighted by Gasteiger charge is -2.27. The summed E-state index contributed by atoms with van der Waals surface area (Å²) < 4.78 is 6.20. The second kappa shape index (κ2) is 16.7. The van der Waals surface area contributed by atoms with E-state index in [1.807, 2.05) is 11.8 Å². The van der Waals surface area contributed by atoms with Crippen molar-refractivity contribution in [1.82, 2.24) is 0 Å². The van der Waals surface area contributed by atoms with Crippen molar-refractivity contribution in [3.8, 4) is 0 Å². The van der Waals surface area contributed by atoms with Crippen LogP contribution in [0.2, 0.25) is 0 Å². The van der Waals surface area contributed by atoms with Gasteiger partial charge in [0, 0.05) is 69.8 Å². The summed E-state index contributed by atoms with van der Waals surface area (Å²) in [5, 5.41) is 0. The van der Waals surface area contributed by atoms with Gasteiger partial charge in [-0.1, -0.05) is 115 Å². The number of benzene rings is 3. The molecule has 0 radical (unpaired) electrons. The predicted molar refractivity (Wildman–Crippen MR) is 237 cm³/mol. The van der Waals surface area contributed by atoms with Gasteiger partial charge in [0.25, 0.3) is 0 Å². The maximum absolute atomic E-state index is 3.77. The highest BCUT2D eigenvalue weighted by molar-refractivity contribution is 14.1. The molecule has 51 heavy (non-hydrogen) atoms. The number of unbranched alkanes of at least 4 members (excludes halogenated alkanes) is 4. The zero-order valence-electron chi connectivity index (χ0n) is 31.1. The van der Waals surface area contributed by atoms with Crippen molar-refractivity contribution in [3.05, 3.63) is 130 Å². The van der Waals surface area contributed by atoms with E-state index in [1.165, 1.54) is 97.0 Å². The molecule has 268 valence electrons. The Hall–Kier alpha value is -1.87. The number of allylic oxidation sites excluding steroid dienone is 7. The van der Waals surface area contributed by atoms with E-state index in [4.69, 9.17) is 0 Å². The standard InChI is InChI=1S/C45H52Br2IN2S/c1-7-9-13-27-49-38-23-21-33(46)29-35(38)44(3,4)41(49)25-19-31-17-18-32(43(31)51-40-16-12-11-15-37(40)48)20-26-42-45(5,6)36-30-34(47)22-24-39(36)50(42)28-14-10-8-2/h11-12,15-16,19-26,29-30H,7-10,13-14,17-18,27-28H2,1-6H3/q+1. The molecule has 1 aliphatic carbocycles. The molecule has 0 spiro atoms. The number of nitrogens with zero attached hydrogens (tertiary/aromatic N) is 2. The van der Waals surface area contributed by atoms with Crippen molar-refractivity contribution in [1.29, 1.82) is 0 Å². The van der Waals surface area contributed by atoms with Gasteiger partial charge in [0.05, 0.1) is 5.41 Å².